The van der Waals surface area contributed by atoms with Gasteiger partial charge in [0.2, 0.25) is 0 Å². The van der Waals surface area contributed by atoms with E-state index in [9.17, 15) is 0 Å². The number of aromatic nitrogens is 5. The van der Waals surface area contributed by atoms with Gasteiger partial charge in [-0.25, -0.2) is 9.67 Å². The van der Waals surface area contributed by atoms with Crippen LogP contribution in [0.4, 0.5) is 0 Å². The van der Waals surface area contributed by atoms with Crippen molar-refractivity contribution in [1.29, 1.82) is 0 Å². The first-order chi connectivity index (χ1) is 8.56. The molecule has 2 N–H and O–H groups in total. The molecule has 2 aromatic rings. The Labute approximate surface area is 107 Å². The summed E-state index contributed by atoms with van der Waals surface area (Å²) < 4.78 is 3.68. The van der Waals surface area contributed by atoms with Crippen LogP contribution in [0.15, 0.2) is 18.6 Å². The molecule has 0 aliphatic rings. The molecule has 0 aliphatic heterocycles. The molecule has 6 heteroatoms. The number of hydrogen-bond donors (Lipinski definition) is 1. The van der Waals surface area contributed by atoms with Crippen LogP contribution in [0.3, 0.4) is 0 Å². The fourth-order valence-corrected chi connectivity index (χ4v) is 1.88. The summed E-state index contributed by atoms with van der Waals surface area (Å²) in [5.74, 6) is 1.46. The van der Waals surface area contributed by atoms with Gasteiger partial charge in [-0.3, -0.25) is 4.68 Å². The van der Waals surface area contributed by atoms with Crippen molar-refractivity contribution in [2.24, 2.45) is 18.7 Å². The van der Waals surface area contributed by atoms with Gasteiger partial charge in [0, 0.05) is 26.2 Å². The first-order valence-electron chi connectivity index (χ1n) is 6.18. The molecule has 0 saturated heterocycles. The van der Waals surface area contributed by atoms with E-state index < -0.39 is 0 Å². The summed E-state index contributed by atoms with van der Waals surface area (Å²) in [5.41, 5.74) is 7.03. The number of aryl methyl sites for hydroxylation is 1. The van der Waals surface area contributed by atoms with Gasteiger partial charge in [-0.15, -0.1) is 0 Å². The third kappa shape index (κ3) is 2.95. The smallest absolute Gasteiger partial charge is 0.138 e. The van der Waals surface area contributed by atoms with Gasteiger partial charge in [0.05, 0.1) is 11.7 Å². The number of rotatable bonds is 5. The van der Waals surface area contributed by atoms with Crippen molar-refractivity contribution in [2.75, 3.05) is 0 Å². The van der Waals surface area contributed by atoms with Crippen LogP contribution in [0.5, 0.6) is 0 Å². The van der Waals surface area contributed by atoms with Crippen LogP contribution in [-0.2, 0) is 20.0 Å². The molecule has 0 bridgehead atoms. The molecule has 18 heavy (non-hydrogen) atoms. The maximum Gasteiger partial charge on any atom is 0.138 e. The van der Waals surface area contributed by atoms with Crippen LogP contribution >= 0.6 is 0 Å². The van der Waals surface area contributed by atoms with Gasteiger partial charge in [-0.05, 0) is 12.0 Å². The molecule has 6 nitrogen and oxygen atoms in total. The minimum absolute atomic E-state index is 0.138. The van der Waals surface area contributed by atoms with Crippen molar-refractivity contribution in [1.82, 2.24) is 24.5 Å². The summed E-state index contributed by atoms with van der Waals surface area (Å²) in [6.45, 7) is 5.18. The predicted molar refractivity (Wildman–Crippen MR) is 68.7 cm³/mol. The highest BCUT2D eigenvalue weighted by atomic mass is 15.3. The Balaban J connectivity index is 2.07. The van der Waals surface area contributed by atoms with Gasteiger partial charge in [-0.1, -0.05) is 13.8 Å². The molecule has 2 heterocycles. The van der Waals surface area contributed by atoms with Gasteiger partial charge < -0.3 is 5.73 Å². The molecule has 0 amide bonds. The van der Waals surface area contributed by atoms with Crippen LogP contribution in [-0.4, -0.2) is 24.5 Å². The van der Waals surface area contributed by atoms with Crippen LogP contribution < -0.4 is 5.73 Å². The van der Waals surface area contributed by atoms with Crippen molar-refractivity contribution < 1.29 is 0 Å². The average molecular weight is 248 g/mol. The summed E-state index contributed by atoms with van der Waals surface area (Å²) in [6, 6.07) is 1.80. The van der Waals surface area contributed by atoms with Crippen molar-refractivity contribution in [3.8, 4) is 0 Å². The van der Waals surface area contributed by atoms with E-state index in [0.29, 0.717) is 12.3 Å². The fourth-order valence-electron chi connectivity index (χ4n) is 1.88. The topological polar surface area (TPSA) is 74.6 Å². The van der Waals surface area contributed by atoms with Gasteiger partial charge in [0.15, 0.2) is 0 Å². The van der Waals surface area contributed by atoms with E-state index in [1.54, 1.807) is 11.0 Å². The highest BCUT2D eigenvalue weighted by molar-refractivity contribution is 5.07. The lowest BCUT2D eigenvalue weighted by Gasteiger charge is -2.11. The van der Waals surface area contributed by atoms with Gasteiger partial charge in [0.25, 0.3) is 0 Å². The van der Waals surface area contributed by atoms with Crippen molar-refractivity contribution >= 4 is 0 Å². The molecule has 2 aromatic heterocycles. The first kappa shape index (κ1) is 12.8. The Hall–Kier alpha value is -1.69. The Morgan fingerprint density at radius 1 is 1.39 bits per heavy atom. The summed E-state index contributed by atoms with van der Waals surface area (Å²) in [7, 11) is 1.89. The Kier molecular flexibility index (Phi) is 3.76. The summed E-state index contributed by atoms with van der Waals surface area (Å²) >= 11 is 0. The van der Waals surface area contributed by atoms with Crippen molar-refractivity contribution in [3.05, 3.63) is 30.1 Å². The molecular formula is C12H20N6. The number of nitrogens with zero attached hydrogens (tertiary/aromatic N) is 5. The zero-order valence-corrected chi connectivity index (χ0v) is 11.1. The molecule has 0 radical (unpaired) electrons. The molecule has 0 spiro atoms. The standard InChI is InChI=1S/C12H20N6/c1-9(2)7-18-12(14-8-15-18)6-10(13)11-4-5-17(3)16-11/h4-5,8-10H,6-7,13H2,1-3H3. The maximum atomic E-state index is 6.14. The summed E-state index contributed by atoms with van der Waals surface area (Å²) in [6.07, 6.45) is 4.14. The van der Waals surface area contributed by atoms with Crippen LogP contribution in [0.25, 0.3) is 0 Å². The van der Waals surface area contributed by atoms with E-state index in [0.717, 1.165) is 18.1 Å². The monoisotopic (exact) mass is 248 g/mol. The Bertz CT molecular complexity index is 498. The van der Waals surface area contributed by atoms with Gasteiger partial charge in [0.1, 0.15) is 12.2 Å². The van der Waals surface area contributed by atoms with Crippen molar-refractivity contribution in [2.45, 2.75) is 32.9 Å². The van der Waals surface area contributed by atoms with E-state index in [4.69, 9.17) is 5.73 Å². The lowest BCUT2D eigenvalue weighted by Crippen LogP contribution is -2.19. The summed E-state index contributed by atoms with van der Waals surface area (Å²) in [4.78, 5) is 4.28. The second-order valence-electron chi connectivity index (χ2n) is 4.98. The zero-order valence-electron chi connectivity index (χ0n) is 11.1. The Morgan fingerprint density at radius 2 is 2.17 bits per heavy atom. The predicted octanol–water partition coefficient (Wildman–Crippen LogP) is 0.910. The van der Waals surface area contributed by atoms with E-state index >= 15 is 0 Å². The minimum atomic E-state index is -0.138. The second-order valence-corrected chi connectivity index (χ2v) is 4.98. The second kappa shape index (κ2) is 5.30. The van der Waals surface area contributed by atoms with Crippen molar-refractivity contribution in [3.63, 3.8) is 0 Å². The quantitative estimate of drug-likeness (QED) is 0.853. The highest BCUT2D eigenvalue weighted by Crippen LogP contribution is 2.13. The molecule has 98 valence electrons. The third-order valence-electron chi connectivity index (χ3n) is 2.75. The third-order valence-corrected chi connectivity index (χ3v) is 2.75. The molecular weight excluding hydrogens is 228 g/mol. The molecule has 0 saturated carbocycles. The normalized spacial score (nSPS) is 13.2. The van der Waals surface area contributed by atoms with Crippen LogP contribution in [0, 0.1) is 5.92 Å². The molecule has 1 atom stereocenters. The molecule has 1 unspecified atom stereocenters. The fraction of sp³-hybridized carbons (Fsp3) is 0.583. The molecule has 0 fully saturated rings. The Morgan fingerprint density at radius 3 is 2.78 bits per heavy atom. The lowest BCUT2D eigenvalue weighted by atomic mass is 10.1. The SMILES string of the molecule is CC(C)Cn1ncnc1CC(N)c1ccn(C)n1. The number of nitrogens with two attached hydrogens (primary N) is 1. The van der Waals surface area contributed by atoms with Gasteiger partial charge >= 0.3 is 0 Å². The van der Waals surface area contributed by atoms with E-state index in [-0.39, 0.29) is 6.04 Å². The van der Waals surface area contributed by atoms with Gasteiger partial charge in [-0.2, -0.15) is 10.2 Å². The van der Waals surface area contributed by atoms with E-state index in [2.05, 4.69) is 29.0 Å². The van der Waals surface area contributed by atoms with E-state index in [1.165, 1.54) is 0 Å². The number of hydrogen-bond acceptors (Lipinski definition) is 4. The zero-order chi connectivity index (χ0) is 13.1. The molecule has 2 rings (SSSR count). The molecule has 0 aliphatic carbocycles. The average Bonchev–Trinajstić information content (AvgIpc) is 2.88. The van der Waals surface area contributed by atoms with E-state index in [1.807, 2.05) is 24.0 Å². The van der Waals surface area contributed by atoms with Crippen LogP contribution in [0.1, 0.15) is 31.4 Å². The van der Waals surface area contributed by atoms with Crippen LogP contribution in [0.2, 0.25) is 0 Å². The largest absolute Gasteiger partial charge is 0.322 e. The summed E-state index contributed by atoms with van der Waals surface area (Å²) in [5, 5.41) is 8.55. The lowest BCUT2D eigenvalue weighted by molar-refractivity contribution is 0.458. The maximum absolute atomic E-state index is 6.14. The first-order valence-corrected chi connectivity index (χ1v) is 6.18. The minimum Gasteiger partial charge on any atom is -0.322 e. The molecule has 0 aromatic carbocycles. The highest BCUT2D eigenvalue weighted by Gasteiger charge is 2.14.